The fraction of sp³-hybridized carbons (Fsp3) is 0.222. The van der Waals surface area contributed by atoms with Gasteiger partial charge in [-0.2, -0.15) is 0 Å². The van der Waals surface area contributed by atoms with Crippen LogP contribution in [0.1, 0.15) is 45.7 Å². The van der Waals surface area contributed by atoms with Gasteiger partial charge >= 0.3 is 0 Å². The molecule has 0 bridgehead atoms. The SMILES string of the molecule is CCN(CC)c1cc(C)c(N=C(C(=O)c2ccccc2)C(=O)c2ccccc2)c(C)c1. The minimum absolute atomic E-state index is 0.0702. The van der Waals surface area contributed by atoms with Crippen molar-refractivity contribution in [2.45, 2.75) is 27.7 Å². The lowest BCUT2D eigenvalue weighted by Gasteiger charge is -2.23. The maximum Gasteiger partial charge on any atom is 0.215 e. The molecule has 0 aliphatic rings. The Balaban J connectivity index is 2.13. The van der Waals surface area contributed by atoms with Crippen molar-refractivity contribution in [1.82, 2.24) is 0 Å². The Labute approximate surface area is 184 Å². The summed E-state index contributed by atoms with van der Waals surface area (Å²) in [5.74, 6) is -0.748. The van der Waals surface area contributed by atoms with E-state index in [9.17, 15) is 9.59 Å². The highest BCUT2D eigenvalue weighted by molar-refractivity contribution is 6.72. The molecule has 0 aliphatic carbocycles. The van der Waals surface area contributed by atoms with Crippen molar-refractivity contribution in [2.75, 3.05) is 18.0 Å². The average Bonchev–Trinajstić information content (AvgIpc) is 2.80. The van der Waals surface area contributed by atoms with Crippen molar-refractivity contribution in [3.63, 3.8) is 0 Å². The number of carbonyl (C=O) groups is 2. The zero-order valence-electron chi connectivity index (χ0n) is 18.6. The molecule has 0 spiro atoms. The molecule has 0 amide bonds. The lowest BCUT2D eigenvalue weighted by Crippen LogP contribution is -2.25. The number of hydrogen-bond acceptors (Lipinski definition) is 4. The number of rotatable bonds is 8. The molecule has 0 radical (unpaired) electrons. The van der Waals surface area contributed by atoms with Crippen molar-refractivity contribution in [2.24, 2.45) is 4.99 Å². The predicted octanol–water partition coefficient (Wildman–Crippen LogP) is 5.99. The van der Waals surface area contributed by atoms with Gasteiger partial charge in [-0.1, -0.05) is 60.7 Å². The fourth-order valence-corrected chi connectivity index (χ4v) is 3.65. The van der Waals surface area contributed by atoms with E-state index in [-0.39, 0.29) is 17.3 Å². The van der Waals surface area contributed by atoms with E-state index in [4.69, 9.17) is 0 Å². The number of hydrogen-bond donors (Lipinski definition) is 0. The molecule has 31 heavy (non-hydrogen) atoms. The molecule has 158 valence electrons. The molecule has 0 heterocycles. The van der Waals surface area contributed by atoms with Crippen molar-refractivity contribution >= 4 is 28.7 Å². The maximum atomic E-state index is 13.3. The van der Waals surface area contributed by atoms with Gasteiger partial charge in [0, 0.05) is 29.9 Å². The molecule has 0 unspecified atom stereocenters. The van der Waals surface area contributed by atoms with E-state index < -0.39 is 0 Å². The molecule has 4 heteroatoms. The van der Waals surface area contributed by atoms with E-state index in [0.717, 1.165) is 29.9 Å². The maximum absolute atomic E-state index is 13.3. The first-order valence-corrected chi connectivity index (χ1v) is 10.6. The van der Waals surface area contributed by atoms with Gasteiger partial charge in [-0.25, -0.2) is 4.99 Å². The van der Waals surface area contributed by atoms with E-state index >= 15 is 0 Å². The topological polar surface area (TPSA) is 49.7 Å². The quantitative estimate of drug-likeness (QED) is 0.259. The summed E-state index contributed by atoms with van der Waals surface area (Å²) in [6.45, 7) is 9.99. The summed E-state index contributed by atoms with van der Waals surface area (Å²) < 4.78 is 0. The molecule has 3 aromatic rings. The molecule has 0 saturated heterocycles. The lowest BCUT2D eigenvalue weighted by molar-refractivity contribution is 0.102. The Morgan fingerprint density at radius 2 is 1.16 bits per heavy atom. The molecular formula is C27H28N2O2. The minimum Gasteiger partial charge on any atom is -0.372 e. The van der Waals surface area contributed by atoms with E-state index in [1.165, 1.54) is 0 Å². The van der Waals surface area contributed by atoms with Crippen LogP contribution in [0.15, 0.2) is 77.8 Å². The van der Waals surface area contributed by atoms with Crippen LogP contribution >= 0.6 is 0 Å². The second-order valence-corrected chi connectivity index (χ2v) is 7.45. The first-order chi connectivity index (χ1) is 15.0. The number of nitrogens with zero attached hydrogens (tertiary/aromatic N) is 2. The molecule has 0 aliphatic heterocycles. The van der Waals surface area contributed by atoms with E-state index in [2.05, 4.69) is 35.9 Å². The normalized spacial score (nSPS) is 10.5. The molecule has 0 atom stereocenters. The van der Waals surface area contributed by atoms with E-state index in [1.807, 2.05) is 26.0 Å². The molecule has 0 aromatic heterocycles. The lowest BCUT2D eigenvalue weighted by atomic mass is 9.98. The average molecular weight is 413 g/mol. The van der Waals surface area contributed by atoms with Crippen molar-refractivity contribution in [1.29, 1.82) is 0 Å². The van der Waals surface area contributed by atoms with Gasteiger partial charge in [-0.15, -0.1) is 0 Å². The Morgan fingerprint density at radius 3 is 1.55 bits per heavy atom. The van der Waals surface area contributed by atoms with Gasteiger partial charge < -0.3 is 4.90 Å². The molecule has 3 rings (SSSR count). The number of ketones is 2. The monoisotopic (exact) mass is 412 g/mol. The molecule has 0 N–H and O–H groups in total. The van der Waals surface area contributed by atoms with Gasteiger partial charge in [0.05, 0.1) is 5.69 Å². The van der Waals surface area contributed by atoms with Gasteiger partial charge in [-0.3, -0.25) is 9.59 Å². The van der Waals surface area contributed by atoms with Crippen LogP contribution in [-0.2, 0) is 0 Å². The van der Waals surface area contributed by atoms with Crippen LogP contribution in [-0.4, -0.2) is 30.4 Å². The number of anilines is 1. The number of aryl methyl sites for hydroxylation is 2. The van der Waals surface area contributed by atoms with Crippen LogP contribution in [0.3, 0.4) is 0 Å². The molecule has 0 fully saturated rings. The van der Waals surface area contributed by atoms with Gasteiger partial charge in [0.15, 0.2) is 5.71 Å². The second-order valence-electron chi connectivity index (χ2n) is 7.45. The molecule has 3 aromatic carbocycles. The van der Waals surface area contributed by atoms with E-state index in [1.54, 1.807) is 48.5 Å². The highest BCUT2D eigenvalue weighted by Gasteiger charge is 2.24. The number of Topliss-reactive ketones (excluding diaryl/α,β-unsaturated/α-hetero) is 2. The van der Waals surface area contributed by atoms with Gasteiger partial charge in [0.2, 0.25) is 11.6 Å². The standard InChI is InChI=1S/C27H28N2O2/c1-5-29(6-2)23-17-19(3)24(20(4)18-23)28-25(26(30)21-13-9-7-10-14-21)27(31)22-15-11-8-12-16-22/h7-18H,5-6H2,1-4H3. The predicted molar refractivity (Wildman–Crippen MR) is 128 cm³/mol. The Morgan fingerprint density at radius 1 is 0.742 bits per heavy atom. The first kappa shape index (κ1) is 22.2. The minimum atomic E-state index is -0.374. The van der Waals surface area contributed by atoms with Crippen LogP contribution in [0.5, 0.6) is 0 Å². The summed E-state index contributed by atoms with van der Waals surface area (Å²) in [4.78, 5) is 33.5. The van der Waals surface area contributed by atoms with Crippen molar-refractivity contribution in [3.8, 4) is 0 Å². The summed E-state index contributed by atoms with van der Waals surface area (Å²) in [7, 11) is 0. The summed E-state index contributed by atoms with van der Waals surface area (Å²) in [5.41, 5.74) is 4.46. The number of carbonyl (C=O) groups excluding carboxylic acids is 2. The largest absolute Gasteiger partial charge is 0.372 e. The summed E-state index contributed by atoms with van der Waals surface area (Å²) >= 11 is 0. The third-order valence-electron chi connectivity index (χ3n) is 5.33. The zero-order valence-corrected chi connectivity index (χ0v) is 18.6. The van der Waals surface area contributed by atoms with Gasteiger partial charge in [0.25, 0.3) is 0 Å². The fourth-order valence-electron chi connectivity index (χ4n) is 3.65. The Bertz CT molecular complexity index is 1020. The highest BCUT2D eigenvalue weighted by atomic mass is 16.2. The van der Waals surface area contributed by atoms with Gasteiger partial charge in [-0.05, 0) is 51.0 Å². The van der Waals surface area contributed by atoms with Crippen LogP contribution in [0, 0.1) is 13.8 Å². The van der Waals surface area contributed by atoms with E-state index in [0.29, 0.717) is 16.8 Å². The van der Waals surface area contributed by atoms with Crippen LogP contribution in [0.4, 0.5) is 11.4 Å². The third kappa shape index (κ3) is 4.97. The van der Waals surface area contributed by atoms with Gasteiger partial charge in [0.1, 0.15) is 0 Å². The van der Waals surface area contributed by atoms with Crippen LogP contribution in [0.25, 0.3) is 0 Å². The van der Waals surface area contributed by atoms with Crippen LogP contribution < -0.4 is 4.90 Å². The van der Waals surface area contributed by atoms with Crippen molar-refractivity contribution in [3.05, 3.63) is 95.1 Å². The highest BCUT2D eigenvalue weighted by Crippen LogP contribution is 2.30. The number of benzene rings is 3. The first-order valence-electron chi connectivity index (χ1n) is 10.6. The second kappa shape index (κ2) is 9.98. The summed E-state index contributed by atoms with van der Waals surface area (Å²) in [5, 5.41) is 0. The summed E-state index contributed by atoms with van der Waals surface area (Å²) in [6, 6.07) is 21.8. The molecule has 0 saturated carbocycles. The smallest absolute Gasteiger partial charge is 0.215 e. The Kier molecular flexibility index (Phi) is 7.14. The van der Waals surface area contributed by atoms with Crippen molar-refractivity contribution < 1.29 is 9.59 Å². The molecular weight excluding hydrogens is 384 g/mol. The summed E-state index contributed by atoms with van der Waals surface area (Å²) in [6.07, 6.45) is 0. The third-order valence-corrected chi connectivity index (χ3v) is 5.33. The Hall–Kier alpha value is -3.53. The van der Waals surface area contributed by atoms with Crippen LogP contribution in [0.2, 0.25) is 0 Å². The molecule has 4 nitrogen and oxygen atoms in total. The number of aliphatic imine (C=N–C) groups is 1. The zero-order chi connectivity index (χ0) is 22.4.